The van der Waals surface area contributed by atoms with E-state index in [0.717, 1.165) is 23.5 Å². The van der Waals surface area contributed by atoms with Gasteiger partial charge < -0.3 is 10.3 Å². The number of nitrogens with zero attached hydrogens (tertiary/aromatic N) is 2. The van der Waals surface area contributed by atoms with Gasteiger partial charge >= 0.3 is 0 Å². The Bertz CT molecular complexity index is 597. The van der Waals surface area contributed by atoms with E-state index in [1.807, 2.05) is 4.57 Å². The van der Waals surface area contributed by atoms with E-state index in [0.29, 0.717) is 11.9 Å². The second-order valence-corrected chi connectivity index (χ2v) is 6.01. The zero-order chi connectivity index (χ0) is 14.1. The van der Waals surface area contributed by atoms with Crippen molar-refractivity contribution in [3.05, 3.63) is 24.0 Å². The van der Waals surface area contributed by atoms with Crippen LogP contribution < -0.4 is 5.73 Å². The highest BCUT2D eigenvalue weighted by atomic mass is 19.1. The van der Waals surface area contributed by atoms with E-state index >= 15 is 0 Å². The summed E-state index contributed by atoms with van der Waals surface area (Å²) in [5.41, 5.74) is 7.61. The Kier molecular flexibility index (Phi) is 3.64. The molecular formula is C16H22FN3. The molecule has 1 heterocycles. The average molecular weight is 275 g/mol. The third-order valence-electron chi connectivity index (χ3n) is 4.72. The van der Waals surface area contributed by atoms with Crippen LogP contribution in [0.2, 0.25) is 0 Å². The molecule has 4 heteroatoms. The van der Waals surface area contributed by atoms with Crippen LogP contribution in [0.4, 0.5) is 10.3 Å². The normalized spacial score (nSPS) is 23.3. The first-order valence-corrected chi connectivity index (χ1v) is 7.58. The smallest absolute Gasteiger partial charge is 0.201 e. The van der Waals surface area contributed by atoms with Crippen molar-refractivity contribution in [1.82, 2.24) is 9.55 Å². The standard InChI is InChI=1S/C16H22FN3/c1-2-11-3-5-12(6-4-11)10-20-15-9-13(17)7-8-14(15)19-16(20)18/h7-9,11-12H,2-6,10H2,1H3,(H2,18,19). The minimum Gasteiger partial charge on any atom is -0.369 e. The van der Waals surface area contributed by atoms with E-state index in [4.69, 9.17) is 5.73 Å². The lowest BCUT2D eigenvalue weighted by molar-refractivity contribution is 0.250. The summed E-state index contributed by atoms with van der Waals surface area (Å²) in [4.78, 5) is 4.32. The van der Waals surface area contributed by atoms with Crippen LogP contribution in [0, 0.1) is 17.7 Å². The summed E-state index contributed by atoms with van der Waals surface area (Å²) < 4.78 is 15.4. The lowest BCUT2D eigenvalue weighted by Gasteiger charge is -2.28. The van der Waals surface area contributed by atoms with Crippen LogP contribution in [0.5, 0.6) is 0 Å². The predicted octanol–water partition coefficient (Wildman–Crippen LogP) is 3.97. The molecule has 1 aliphatic rings. The minimum absolute atomic E-state index is 0.228. The molecule has 1 aromatic heterocycles. The zero-order valence-electron chi connectivity index (χ0n) is 12.0. The molecule has 1 aliphatic carbocycles. The fraction of sp³-hybridized carbons (Fsp3) is 0.562. The summed E-state index contributed by atoms with van der Waals surface area (Å²) >= 11 is 0. The molecule has 3 nitrogen and oxygen atoms in total. The predicted molar refractivity (Wildman–Crippen MR) is 79.8 cm³/mol. The average Bonchev–Trinajstić information content (AvgIpc) is 2.76. The lowest BCUT2D eigenvalue weighted by atomic mass is 9.81. The van der Waals surface area contributed by atoms with Gasteiger partial charge in [-0.2, -0.15) is 0 Å². The van der Waals surface area contributed by atoms with Gasteiger partial charge in [-0.05, 0) is 42.9 Å². The van der Waals surface area contributed by atoms with Gasteiger partial charge in [0, 0.05) is 6.54 Å². The molecule has 0 amide bonds. The van der Waals surface area contributed by atoms with Gasteiger partial charge in [-0.25, -0.2) is 9.37 Å². The number of nitrogen functional groups attached to an aromatic ring is 1. The Morgan fingerprint density at radius 1 is 1.25 bits per heavy atom. The van der Waals surface area contributed by atoms with Crippen molar-refractivity contribution in [1.29, 1.82) is 0 Å². The topological polar surface area (TPSA) is 43.8 Å². The number of anilines is 1. The second-order valence-electron chi connectivity index (χ2n) is 6.01. The molecule has 0 atom stereocenters. The third-order valence-corrected chi connectivity index (χ3v) is 4.72. The zero-order valence-corrected chi connectivity index (χ0v) is 12.0. The molecule has 108 valence electrons. The van der Waals surface area contributed by atoms with Gasteiger partial charge in [0.05, 0.1) is 11.0 Å². The Labute approximate surface area is 119 Å². The van der Waals surface area contributed by atoms with Crippen molar-refractivity contribution < 1.29 is 4.39 Å². The van der Waals surface area contributed by atoms with E-state index in [9.17, 15) is 4.39 Å². The SMILES string of the molecule is CCC1CCC(Cn2c(N)nc3ccc(F)cc32)CC1. The van der Waals surface area contributed by atoms with E-state index in [1.54, 1.807) is 6.07 Å². The maximum Gasteiger partial charge on any atom is 0.201 e. The summed E-state index contributed by atoms with van der Waals surface area (Å²) in [6.45, 7) is 3.14. The summed E-state index contributed by atoms with van der Waals surface area (Å²) in [6.07, 6.45) is 6.39. The molecule has 0 bridgehead atoms. The highest BCUT2D eigenvalue weighted by Crippen LogP contribution is 2.32. The number of imidazole rings is 1. The first-order chi connectivity index (χ1) is 9.67. The monoisotopic (exact) mass is 275 g/mol. The van der Waals surface area contributed by atoms with Crippen molar-refractivity contribution in [3.8, 4) is 0 Å². The number of hydrogen-bond donors (Lipinski definition) is 1. The number of aromatic nitrogens is 2. The van der Waals surface area contributed by atoms with Crippen LogP contribution in [0.3, 0.4) is 0 Å². The fourth-order valence-corrected chi connectivity index (χ4v) is 3.39. The van der Waals surface area contributed by atoms with Gasteiger partial charge in [0.1, 0.15) is 5.82 Å². The highest BCUT2D eigenvalue weighted by Gasteiger charge is 2.21. The molecule has 0 radical (unpaired) electrons. The summed E-state index contributed by atoms with van der Waals surface area (Å²) in [5.74, 6) is 1.80. The molecule has 2 aromatic rings. The van der Waals surface area contributed by atoms with Crippen molar-refractivity contribution in [2.24, 2.45) is 11.8 Å². The van der Waals surface area contributed by atoms with Crippen LogP contribution in [0.15, 0.2) is 18.2 Å². The molecule has 0 saturated heterocycles. The number of halogens is 1. The second kappa shape index (κ2) is 5.43. The number of nitrogens with two attached hydrogens (primary N) is 1. The molecule has 2 N–H and O–H groups in total. The molecule has 0 spiro atoms. The van der Waals surface area contributed by atoms with Gasteiger partial charge in [-0.1, -0.05) is 26.2 Å². The van der Waals surface area contributed by atoms with E-state index in [-0.39, 0.29) is 5.82 Å². The van der Waals surface area contributed by atoms with E-state index in [1.165, 1.54) is 44.2 Å². The van der Waals surface area contributed by atoms with Gasteiger partial charge in [-0.3, -0.25) is 0 Å². The van der Waals surface area contributed by atoms with Gasteiger partial charge in [0.2, 0.25) is 5.95 Å². The maximum atomic E-state index is 13.4. The number of benzene rings is 1. The summed E-state index contributed by atoms with van der Waals surface area (Å²) in [7, 11) is 0. The number of hydrogen-bond acceptors (Lipinski definition) is 2. The molecule has 20 heavy (non-hydrogen) atoms. The number of rotatable bonds is 3. The minimum atomic E-state index is -0.228. The Morgan fingerprint density at radius 2 is 1.95 bits per heavy atom. The maximum absolute atomic E-state index is 13.4. The van der Waals surface area contributed by atoms with E-state index in [2.05, 4.69) is 11.9 Å². The van der Waals surface area contributed by atoms with Gasteiger partial charge in [-0.15, -0.1) is 0 Å². The van der Waals surface area contributed by atoms with Crippen molar-refractivity contribution >= 4 is 17.0 Å². The molecule has 1 saturated carbocycles. The first-order valence-electron chi connectivity index (χ1n) is 7.58. The summed E-state index contributed by atoms with van der Waals surface area (Å²) in [5, 5.41) is 0. The lowest BCUT2D eigenvalue weighted by Crippen LogP contribution is -2.19. The first kappa shape index (κ1) is 13.4. The van der Waals surface area contributed by atoms with Crippen molar-refractivity contribution in [2.75, 3.05) is 5.73 Å². The molecule has 1 aromatic carbocycles. The van der Waals surface area contributed by atoms with Crippen LogP contribution in [0.25, 0.3) is 11.0 Å². The van der Waals surface area contributed by atoms with Crippen LogP contribution in [-0.4, -0.2) is 9.55 Å². The van der Waals surface area contributed by atoms with Crippen molar-refractivity contribution in [2.45, 2.75) is 45.6 Å². The Hall–Kier alpha value is -1.58. The summed E-state index contributed by atoms with van der Waals surface area (Å²) in [6, 6.07) is 4.67. The molecule has 3 rings (SSSR count). The quantitative estimate of drug-likeness (QED) is 0.921. The number of fused-ring (bicyclic) bond motifs is 1. The van der Waals surface area contributed by atoms with Crippen LogP contribution in [0.1, 0.15) is 39.0 Å². The fourth-order valence-electron chi connectivity index (χ4n) is 3.39. The molecule has 0 aliphatic heterocycles. The molecular weight excluding hydrogens is 253 g/mol. The van der Waals surface area contributed by atoms with Crippen LogP contribution >= 0.6 is 0 Å². The van der Waals surface area contributed by atoms with Crippen molar-refractivity contribution in [3.63, 3.8) is 0 Å². The largest absolute Gasteiger partial charge is 0.369 e. The third kappa shape index (κ3) is 2.51. The highest BCUT2D eigenvalue weighted by molar-refractivity contribution is 5.78. The molecule has 0 unspecified atom stereocenters. The van der Waals surface area contributed by atoms with Crippen LogP contribution in [-0.2, 0) is 6.54 Å². The van der Waals surface area contributed by atoms with Gasteiger partial charge in [0.25, 0.3) is 0 Å². The van der Waals surface area contributed by atoms with Gasteiger partial charge in [0.15, 0.2) is 0 Å². The van der Waals surface area contributed by atoms with E-state index < -0.39 is 0 Å². The Morgan fingerprint density at radius 3 is 2.65 bits per heavy atom. The molecule has 1 fully saturated rings. The Balaban J connectivity index is 1.80.